The summed E-state index contributed by atoms with van der Waals surface area (Å²) in [6.45, 7) is 39.9. The summed E-state index contributed by atoms with van der Waals surface area (Å²) < 4.78 is 0. The van der Waals surface area contributed by atoms with Crippen LogP contribution in [0.2, 0.25) is 0 Å². The van der Waals surface area contributed by atoms with Crippen LogP contribution in [-0.4, -0.2) is 202 Å². The topological polar surface area (TPSA) is 600 Å². The van der Waals surface area contributed by atoms with Gasteiger partial charge in [-0.05, 0) is 107 Å². The van der Waals surface area contributed by atoms with E-state index in [2.05, 4.69) is 41.5 Å². The van der Waals surface area contributed by atoms with Crippen LogP contribution in [0.4, 0.5) is 0 Å². The smallest absolute Gasteiger partial charge is 0.550 e. The Morgan fingerprint density at radius 1 is 0.241 bits per heavy atom. The van der Waals surface area contributed by atoms with Crippen LogP contribution in [0.3, 0.4) is 0 Å². The van der Waals surface area contributed by atoms with Gasteiger partial charge in [-0.1, -0.05) is 129 Å². The summed E-state index contributed by atoms with van der Waals surface area (Å²) in [5.74, 6) is -10.7. The predicted molar refractivity (Wildman–Crippen MR) is 388 cm³/mol. The molecule has 0 aliphatic rings. The summed E-state index contributed by atoms with van der Waals surface area (Å²) >= 11 is 0. The van der Waals surface area contributed by atoms with Crippen molar-refractivity contribution in [1.82, 2.24) is 0 Å². The Kier molecular flexibility index (Phi) is 226. The molecular weight excluding hydrogens is 1560 g/mol. The van der Waals surface area contributed by atoms with E-state index in [0.29, 0.717) is 71.7 Å². The van der Waals surface area contributed by atoms with Crippen molar-refractivity contribution in [3.05, 3.63) is 0 Å². The van der Waals surface area contributed by atoms with Crippen LogP contribution in [0.15, 0.2) is 0 Å². The Balaban J connectivity index is -0.0000000394. The molecule has 0 saturated heterocycles. The monoisotopic (exact) mass is 1710 g/mol. The van der Waals surface area contributed by atoms with E-state index in [1.165, 1.54) is 0 Å². The second-order valence-corrected chi connectivity index (χ2v) is 21.7. The van der Waals surface area contributed by atoms with E-state index in [4.69, 9.17) is 56.2 Å². The van der Waals surface area contributed by atoms with Crippen LogP contribution in [0.25, 0.3) is 0 Å². The number of ketones is 7. The maximum atomic E-state index is 10.4. The predicted octanol–water partition coefficient (Wildman–Crippen LogP) is 2.06. The second-order valence-electron chi connectivity index (χ2n) is 21.7. The minimum atomic E-state index is -1.29. The molecule has 0 aromatic carbocycles. The molecule has 0 aliphatic heterocycles. The van der Waals surface area contributed by atoms with Crippen molar-refractivity contribution in [2.45, 2.75) is 350 Å². The molecule has 0 aromatic rings. The number of hydrogen-bond donors (Lipinski definition) is 11. The third-order valence-corrected chi connectivity index (χ3v) is 8.50. The first kappa shape index (κ1) is 161. The number of carboxylic acids is 7. The first-order valence-electron chi connectivity index (χ1n) is 35.5. The van der Waals surface area contributed by atoms with E-state index in [-0.39, 0.29) is 184 Å². The molecule has 108 heavy (non-hydrogen) atoms. The van der Waals surface area contributed by atoms with Crippen LogP contribution in [0.1, 0.15) is 325 Å². The molecule has 0 aromatic heterocycles. The van der Waals surface area contributed by atoms with Gasteiger partial charge in [0.1, 0.15) is 46.9 Å². The average molecular weight is 1710 g/mol. The number of hydrogen-bond acceptors (Lipinski definition) is 30. The van der Waals surface area contributed by atoms with E-state index in [1.807, 2.05) is 13.8 Å². The van der Waals surface area contributed by atoms with Gasteiger partial charge in [0.15, 0.2) is 0 Å². The van der Waals surface area contributed by atoms with Gasteiger partial charge in [0.2, 0.25) is 0 Å². The fourth-order valence-corrected chi connectivity index (χ4v) is 3.44. The number of aliphatic hydroxyl groups is 10. The number of aliphatic hydroxyl groups excluding tert-OH is 10. The van der Waals surface area contributed by atoms with Crippen LogP contribution in [0, 0.1) is 0 Å². The van der Waals surface area contributed by atoms with Gasteiger partial charge in [-0.25, -0.2) is 0 Å². The number of rotatable bonds is 35. The summed E-state index contributed by atoms with van der Waals surface area (Å²) in [5, 5.41) is 147. The van der Waals surface area contributed by atoms with E-state index in [1.54, 1.807) is 90.0 Å². The van der Waals surface area contributed by atoms with Crippen LogP contribution in [-0.2, 0) is 154 Å². The maximum Gasteiger partial charge on any atom is 3.00 e. The van der Waals surface area contributed by atoms with Crippen molar-refractivity contribution in [2.75, 3.05) is 39.6 Å². The fourth-order valence-electron chi connectivity index (χ4n) is 3.44. The van der Waals surface area contributed by atoms with Gasteiger partial charge in [0, 0.05) is 248 Å². The van der Waals surface area contributed by atoms with Gasteiger partial charge in [-0.2, -0.15) is 0 Å². The minimum Gasteiger partial charge on any atom is -0.550 e. The largest absolute Gasteiger partial charge is 3.00 e. The summed E-state index contributed by atoms with van der Waals surface area (Å²) in [5.41, 5.74) is 0. The third-order valence-electron chi connectivity index (χ3n) is 8.50. The SMILES string of the molecule is CC(C)O.CC(C)O.CC(C)O.CC(C)O.CCC(=O)CC(=O)O.CCC(=O)CC(=O)[O-].CCC(=O)CC(=O)[O-].CCC(=O)CC(=O)[O-].CCC(=O)CC(=O)[O-].CCCC(=O)CC(=O)[O-].CCCC(=O)CC(=O)[O-].CCCCO.CCCCO.CCCCO.CCCCO.CCCCO.CCCCO.[Ti+3].[Ti].[Ti].[Ti]. The number of Topliss-reactive ketones (excluding diaryl/α,β-unsaturated/α-hetero) is 7. The maximum absolute atomic E-state index is 10.4. The zero-order valence-electron chi connectivity index (χ0n) is 69.4. The van der Waals surface area contributed by atoms with Gasteiger partial charge in [-0.3, -0.25) is 38.4 Å². The molecular formula is C73H146O31Ti4-3. The number of carbonyl (C=O) groups excluding carboxylic acids is 13. The molecule has 0 amide bonds. The molecule has 0 fully saturated rings. The van der Waals surface area contributed by atoms with Crippen LogP contribution in [0.5, 0.6) is 0 Å². The van der Waals surface area contributed by atoms with Gasteiger partial charge in [0.05, 0.1) is 0 Å². The molecule has 0 saturated carbocycles. The van der Waals surface area contributed by atoms with Crippen molar-refractivity contribution in [3.8, 4) is 0 Å². The minimum absolute atomic E-state index is 0. The number of unbranched alkanes of at least 4 members (excludes halogenated alkanes) is 6. The molecule has 1 radical (unpaired) electrons. The number of carboxylic acid groups (broad SMARTS) is 7. The normalized spacial score (nSPS) is 8.36. The summed E-state index contributed by atoms with van der Waals surface area (Å²) in [4.78, 5) is 140. The Hall–Kier alpha value is -3.56. The van der Waals surface area contributed by atoms with Gasteiger partial charge in [0.25, 0.3) is 0 Å². The third kappa shape index (κ3) is 383. The Bertz CT molecular complexity index is 1590. The summed E-state index contributed by atoms with van der Waals surface area (Å²) in [7, 11) is 0. The summed E-state index contributed by atoms with van der Waals surface area (Å²) in [6.07, 6.45) is 12.0. The van der Waals surface area contributed by atoms with Crippen molar-refractivity contribution < 1.29 is 241 Å². The Morgan fingerprint density at radius 2 is 0.352 bits per heavy atom. The molecule has 0 rings (SSSR count). The van der Waals surface area contributed by atoms with Gasteiger partial charge < -0.3 is 116 Å². The molecule has 643 valence electrons. The summed E-state index contributed by atoms with van der Waals surface area (Å²) in [6, 6.07) is 0. The standard InChI is InChI=1S/2C6H10O3.5C5H8O3.6C4H10O.4C3H8O.4Ti/c2*1-2-3-5(7)4-6(8)9;5*1-2-4(6)3-5(7)8;6*1-2-3-4-5;4*1-3(2)4;;;;/h2*2-4H2,1H3,(H,8,9);5*2-3H2,1H3,(H,7,8);6*5H,2-4H2,1H3;4*3-4H,1-2H3;;;;/q;;;;;;;;;;;;;;;;;;;;+3/p-6. The van der Waals surface area contributed by atoms with E-state index in [0.717, 1.165) is 77.0 Å². The van der Waals surface area contributed by atoms with E-state index in [9.17, 15) is 97.8 Å². The van der Waals surface area contributed by atoms with E-state index < -0.39 is 80.3 Å². The van der Waals surface area contributed by atoms with Crippen molar-refractivity contribution in [1.29, 1.82) is 0 Å². The van der Waals surface area contributed by atoms with Crippen LogP contribution >= 0.6 is 0 Å². The Morgan fingerprint density at radius 3 is 0.398 bits per heavy atom. The van der Waals surface area contributed by atoms with Gasteiger partial charge in [-0.15, -0.1) is 0 Å². The van der Waals surface area contributed by atoms with Crippen molar-refractivity contribution in [3.63, 3.8) is 0 Å². The molecule has 0 bridgehead atoms. The second kappa shape index (κ2) is 152. The van der Waals surface area contributed by atoms with E-state index >= 15 is 0 Å². The number of carbonyl (C=O) groups is 14. The first-order valence-corrected chi connectivity index (χ1v) is 35.5. The molecule has 0 unspecified atom stereocenters. The van der Waals surface area contributed by atoms with Crippen molar-refractivity contribution >= 4 is 82.3 Å². The molecule has 0 spiro atoms. The molecule has 35 heteroatoms. The first-order chi connectivity index (χ1) is 48.1. The van der Waals surface area contributed by atoms with Crippen LogP contribution < -0.4 is 30.6 Å². The molecule has 0 heterocycles. The number of aliphatic carboxylic acids is 7. The van der Waals surface area contributed by atoms with Gasteiger partial charge >= 0.3 is 27.7 Å². The molecule has 0 atom stereocenters. The molecule has 0 aliphatic carbocycles. The zero-order valence-corrected chi connectivity index (χ0v) is 75.7. The fraction of sp³-hybridized carbons (Fsp3) is 0.808. The quantitative estimate of drug-likeness (QED) is 0.0319. The zero-order chi connectivity index (χ0) is 86.4. The molecule has 31 nitrogen and oxygen atoms in total. The van der Waals surface area contributed by atoms with Crippen molar-refractivity contribution in [2.24, 2.45) is 0 Å². The molecule has 11 N–H and O–H groups in total. The average Bonchev–Trinajstić information content (AvgIpc) is 1.10. The Labute approximate surface area is 707 Å².